The zero-order valence-electron chi connectivity index (χ0n) is 15.0. The van der Waals surface area contributed by atoms with E-state index in [-0.39, 0.29) is 16.2 Å². The average molecular weight is 379 g/mol. The fraction of sp³-hybridized carbons (Fsp3) is 0.579. The van der Waals surface area contributed by atoms with Gasteiger partial charge in [-0.2, -0.15) is 4.31 Å². The van der Waals surface area contributed by atoms with Crippen molar-refractivity contribution in [1.29, 1.82) is 0 Å². The van der Waals surface area contributed by atoms with Gasteiger partial charge in [0.2, 0.25) is 10.0 Å². The SMILES string of the molecule is CC1CCN(S(=O)(=O)c2ccc(C(=O)O[C@H]3CCCCC3=O)cc2)CC1. The van der Waals surface area contributed by atoms with Crippen LogP contribution in [-0.2, 0) is 19.6 Å². The molecule has 1 aliphatic heterocycles. The maximum absolute atomic E-state index is 12.7. The minimum Gasteiger partial charge on any atom is -0.451 e. The Balaban J connectivity index is 1.67. The van der Waals surface area contributed by atoms with Crippen LogP contribution in [0, 0.1) is 5.92 Å². The van der Waals surface area contributed by atoms with Gasteiger partial charge in [0.25, 0.3) is 0 Å². The molecule has 0 amide bonds. The van der Waals surface area contributed by atoms with Gasteiger partial charge in [-0.3, -0.25) is 4.79 Å². The highest BCUT2D eigenvalue weighted by Gasteiger charge is 2.29. The summed E-state index contributed by atoms with van der Waals surface area (Å²) in [6.07, 6.45) is 3.77. The summed E-state index contributed by atoms with van der Waals surface area (Å²) >= 11 is 0. The van der Waals surface area contributed by atoms with Gasteiger partial charge in [0.15, 0.2) is 11.9 Å². The summed E-state index contributed by atoms with van der Waals surface area (Å²) in [4.78, 5) is 24.2. The quantitative estimate of drug-likeness (QED) is 0.752. The van der Waals surface area contributed by atoms with Gasteiger partial charge in [-0.15, -0.1) is 0 Å². The summed E-state index contributed by atoms with van der Waals surface area (Å²) in [5, 5.41) is 0. The molecule has 1 saturated heterocycles. The van der Waals surface area contributed by atoms with Crippen molar-refractivity contribution in [2.75, 3.05) is 13.1 Å². The molecule has 1 aromatic carbocycles. The molecule has 142 valence electrons. The molecule has 3 rings (SSSR count). The lowest BCUT2D eigenvalue weighted by molar-refractivity contribution is -0.129. The third-order valence-electron chi connectivity index (χ3n) is 5.22. The van der Waals surface area contributed by atoms with Crippen molar-refractivity contribution in [3.05, 3.63) is 29.8 Å². The first-order valence-corrected chi connectivity index (χ1v) is 10.7. The molecular formula is C19H25NO5S. The van der Waals surface area contributed by atoms with E-state index in [1.807, 2.05) is 0 Å². The van der Waals surface area contributed by atoms with Gasteiger partial charge in [0.1, 0.15) is 0 Å². The molecule has 0 unspecified atom stereocenters. The molecule has 0 bridgehead atoms. The lowest BCUT2D eigenvalue weighted by Gasteiger charge is -2.29. The van der Waals surface area contributed by atoms with Crippen molar-refractivity contribution < 1.29 is 22.7 Å². The van der Waals surface area contributed by atoms with Gasteiger partial charge in [0.05, 0.1) is 10.5 Å². The molecule has 1 atom stereocenters. The summed E-state index contributed by atoms with van der Waals surface area (Å²) in [7, 11) is -3.54. The Bertz CT molecular complexity index is 764. The lowest BCUT2D eigenvalue weighted by atomic mass is 9.96. The first-order chi connectivity index (χ1) is 12.4. The molecule has 1 aliphatic carbocycles. The number of carbonyl (C=O) groups is 2. The van der Waals surface area contributed by atoms with Crippen molar-refractivity contribution in [2.45, 2.75) is 56.4 Å². The number of hydrogen-bond acceptors (Lipinski definition) is 5. The van der Waals surface area contributed by atoms with Crippen LogP contribution in [0.5, 0.6) is 0 Å². The van der Waals surface area contributed by atoms with Crippen LogP contribution in [0.4, 0.5) is 0 Å². The number of sulfonamides is 1. The number of hydrogen-bond donors (Lipinski definition) is 0. The predicted molar refractivity (Wildman–Crippen MR) is 96.3 cm³/mol. The Morgan fingerprint density at radius 3 is 2.35 bits per heavy atom. The van der Waals surface area contributed by atoms with Gasteiger partial charge in [-0.05, 0) is 62.3 Å². The number of piperidine rings is 1. The Hall–Kier alpha value is -1.73. The molecular weight excluding hydrogens is 354 g/mol. The van der Waals surface area contributed by atoms with E-state index in [1.165, 1.54) is 28.6 Å². The van der Waals surface area contributed by atoms with E-state index < -0.39 is 22.1 Å². The maximum atomic E-state index is 12.7. The number of nitrogens with zero attached hydrogens (tertiary/aromatic N) is 1. The Morgan fingerprint density at radius 1 is 1.08 bits per heavy atom. The van der Waals surface area contributed by atoms with E-state index in [4.69, 9.17) is 4.74 Å². The molecule has 0 radical (unpaired) electrons. The average Bonchev–Trinajstić information content (AvgIpc) is 2.64. The molecule has 0 N–H and O–H groups in total. The standard InChI is InChI=1S/C19H25NO5S/c1-14-10-12-20(13-11-14)26(23,24)16-8-6-15(7-9-16)19(22)25-18-5-3-2-4-17(18)21/h6-9,14,18H,2-5,10-13H2,1H3/t18-/m0/s1. The van der Waals surface area contributed by atoms with Crippen LogP contribution >= 0.6 is 0 Å². The third-order valence-corrected chi connectivity index (χ3v) is 7.13. The van der Waals surface area contributed by atoms with E-state index >= 15 is 0 Å². The number of carbonyl (C=O) groups excluding carboxylic acids is 2. The third kappa shape index (κ3) is 4.15. The van der Waals surface area contributed by atoms with E-state index in [2.05, 4.69) is 6.92 Å². The molecule has 7 heteroatoms. The number of Topliss-reactive ketones (excluding diaryl/α,β-unsaturated/α-hetero) is 1. The number of rotatable bonds is 4. The van der Waals surface area contributed by atoms with Gasteiger partial charge >= 0.3 is 5.97 Å². The predicted octanol–water partition coefficient (Wildman–Crippen LogP) is 2.78. The number of esters is 1. The van der Waals surface area contributed by atoms with Crippen molar-refractivity contribution in [1.82, 2.24) is 4.31 Å². The Morgan fingerprint density at radius 2 is 1.73 bits per heavy atom. The fourth-order valence-corrected chi connectivity index (χ4v) is 4.88. The summed E-state index contributed by atoms with van der Waals surface area (Å²) in [6.45, 7) is 3.18. The highest BCUT2D eigenvalue weighted by Crippen LogP contribution is 2.24. The number of benzene rings is 1. The van der Waals surface area contributed by atoms with Crippen molar-refractivity contribution in [2.24, 2.45) is 5.92 Å². The van der Waals surface area contributed by atoms with E-state index in [9.17, 15) is 18.0 Å². The molecule has 0 spiro atoms. The molecule has 0 aromatic heterocycles. The second-order valence-corrected chi connectivity index (χ2v) is 9.15. The van der Waals surface area contributed by atoms with E-state index in [1.54, 1.807) is 0 Å². The number of ketones is 1. The zero-order valence-corrected chi connectivity index (χ0v) is 15.8. The molecule has 2 fully saturated rings. The molecule has 1 aromatic rings. The maximum Gasteiger partial charge on any atom is 0.338 e. The summed E-state index contributed by atoms with van der Waals surface area (Å²) in [5.74, 6) is -0.0785. The molecule has 1 saturated carbocycles. The van der Waals surface area contributed by atoms with Crippen LogP contribution in [0.3, 0.4) is 0 Å². The van der Waals surface area contributed by atoms with Crippen LogP contribution in [0.15, 0.2) is 29.2 Å². The minimum absolute atomic E-state index is 0.0388. The zero-order chi connectivity index (χ0) is 18.7. The fourth-order valence-electron chi connectivity index (χ4n) is 3.41. The minimum atomic E-state index is -3.54. The largest absolute Gasteiger partial charge is 0.451 e. The summed E-state index contributed by atoms with van der Waals surface area (Å²) < 4.78 is 32.2. The molecule has 6 nitrogen and oxygen atoms in total. The summed E-state index contributed by atoms with van der Waals surface area (Å²) in [6, 6.07) is 5.78. The topological polar surface area (TPSA) is 80.8 Å². The van der Waals surface area contributed by atoms with Crippen molar-refractivity contribution in [3.8, 4) is 0 Å². The van der Waals surface area contributed by atoms with Crippen LogP contribution in [0.2, 0.25) is 0 Å². The van der Waals surface area contributed by atoms with Gasteiger partial charge in [-0.25, -0.2) is 13.2 Å². The van der Waals surface area contributed by atoms with Crippen LogP contribution < -0.4 is 0 Å². The monoisotopic (exact) mass is 379 g/mol. The van der Waals surface area contributed by atoms with Crippen LogP contribution in [-0.4, -0.2) is 43.7 Å². The van der Waals surface area contributed by atoms with Crippen LogP contribution in [0.1, 0.15) is 55.8 Å². The van der Waals surface area contributed by atoms with Gasteiger partial charge < -0.3 is 4.74 Å². The lowest BCUT2D eigenvalue weighted by Crippen LogP contribution is -2.37. The smallest absolute Gasteiger partial charge is 0.338 e. The Kier molecular flexibility index (Phi) is 5.77. The second kappa shape index (κ2) is 7.88. The molecule has 26 heavy (non-hydrogen) atoms. The Labute approximate surface area is 154 Å². The highest BCUT2D eigenvalue weighted by molar-refractivity contribution is 7.89. The van der Waals surface area contributed by atoms with Crippen LogP contribution in [0.25, 0.3) is 0 Å². The first-order valence-electron chi connectivity index (χ1n) is 9.22. The van der Waals surface area contributed by atoms with Gasteiger partial charge in [0, 0.05) is 19.5 Å². The van der Waals surface area contributed by atoms with E-state index in [0.29, 0.717) is 31.8 Å². The van der Waals surface area contributed by atoms with E-state index in [0.717, 1.165) is 25.7 Å². The van der Waals surface area contributed by atoms with Gasteiger partial charge in [-0.1, -0.05) is 6.92 Å². The second-order valence-electron chi connectivity index (χ2n) is 7.22. The molecule has 1 heterocycles. The van der Waals surface area contributed by atoms with Crippen molar-refractivity contribution in [3.63, 3.8) is 0 Å². The first kappa shape index (κ1) is 19.0. The highest BCUT2D eigenvalue weighted by atomic mass is 32.2. The normalized spacial score (nSPS) is 23.0. The summed E-state index contributed by atoms with van der Waals surface area (Å²) in [5.41, 5.74) is 0.259. The molecule has 2 aliphatic rings. The number of ether oxygens (including phenoxy) is 1. The van der Waals surface area contributed by atoms with Crippen molar-refractivity contribution >= 4 is 21.8 Å².